The third-order valence-electron chi connectivity index (χ3n) is 4.77. The number of ketones is 1. The number of amides is 1. The quantitative estimate of drug-likeness (QED) is 0.527. The maximum Gasteiger partial charge on any atom is 0.338 e. The molecule has 2 atom stereocenters. The summed E-state index contributed by atoms with van der Waals surface area (Å²) in [6.07, 6.45) is 1.11. The molecule has 1 saturated heterocycles. The highest BCUT2D eigenvalue weighted by molar-refractivity contribution is 6.05. The Kier molecular flexibility index (Phi) is 7.19. The summed E-state index contributed by atoms with van der Waals surface area (Å²) in [4.78, 5) is 36.4. The lowest BCUT2D eigenvalue weighted by Gasteiger charge is -2.15. The van der Waals surface area contributed by atoms with E-state index in [9.17, 15) is 14.4 Å². The summed E-state index contributed by atoms with van der Waals surface area (Å²) < 4.78 is 16.4. The van der Waals surface area contributed by atoms with Gasteiger partial charge < -0.3 is 19.5 Å². The Morgan fingerprint density at radius 2 is 1.87 bits per heavy atom. The van der Waals surface area contributed by atoms with Gasteiger partial charge in [-0.25, -0.2) is 4.79 Å². The van der Waals surface area contributed by atoms with Gasteiger partial charge in [-0.3, -0.25) is 9.59 Å². The molecule has 0 bridgehead atoms. The number of carbonyl (C=O) groups excluding carboxylic acids is 3. The van der Waals surface area contributed by atoms with E-state index in [-0.39, 0.29) is 11.9 Å². The van der Waals surface area contributed by atoms with Gasteiger partial charge in [-0.15, -0.1) is 0 Å². The molecule has 158 valence electrons. The van der Waals surface area contributed by atoms with Crippen LogP contribution in [0.25, 0.3) is 0 Å². The molecule has 2 aromatic rings. The topological polar surface area (TPSA) is 90.9 Å². The van der Waals surface area contributed by atoms with Crippen LogP contribution in [-0.2, 0) is 14.3 Å². The number of hydrogen-bond acceptors (Lipinski definition) is 6. The average molecular weight is 411 g/mol. The van der Waals surface area contributed by atoms with E-state index in [1.165, 1.54) is 13.8 Å². The highest BCUT2D eigenvalue weighted by atomic mass is 16.5. The van der Waals surface area contributed by atoms with E-state index in [0.717, 1.165) is 19.4 Å². The first-order chi connectivity index (χ1) is 14.4. The normalized spacial score (nSPS) is 16.5. The molecule has 1 N–H and O–H groups in total. The van der Waals surface area contributed by atoms with Crippen molar-refractivity contribution in [2.24, 2.45) is 0 Å². The number of Topliss-reactive ketones (excluding diaryl/α,β-unsaturated/α-hetero) is 1. The fraction of sp³-hybridized carbons (Fsp3) is 0.348. The van der Waals surface area contributed by atoms with Crippen molar-refractivity contribution in [1.29, 1.82) is 0 Å². The molecule has 0 radical (unpaired) electrons. The van der Waals surface area contributed by atoms with Gasteiger partial charge in [-0.1, -0.05) is 12.1 Å². The lowest BCUT2D eigenvalue weighted by Crippen LogP contribution is -2.30. The Morgan fingerprint density at radius 3 is 2.53 bits per heavy atom. The molecule has 1 heterocycles. The largest absolute Gasteiger partial charge is 0.491 e. The highest BCUT2D eigenvalue weighted by Crippen LogP contribution is 2.18. The Bertz CT molecular complexity index is 902. The van der Waals surface area contributed by atoms with Crippen LogP contribution in [0.3, 0.4) is 0 Å². The molecule has 0 spiro atoms. The van der Waals surface area contributed by atoms with Crippen LogP contribution in [-0.4, -0.2) is 43.1 Å². The summed E-state index contributed by atoms with van der Waals surface area (Å²) >= 11 is 0. The first-order valence-corrected chi connectivity index (χ1v) is 9.90. The number of carbonyl (C=O) groups is 3. The molecule has 1 aliphatic rings. The summed E-state index contributed by atoms with van der Waals surface area (Å²) in [5.74, 6) is -0.678. The van der Waals surface area contributed by atoms with Gasteiger partial charge in [0.25, 0.3) is 5.91 Å². The van der Waals surface area contributed by atoms with Crippen molar-refractivity contribution in [3.8, 4) is 5.75 Å². The molecule has 0 aliphatic carbocycles. The molecular weight excluding hydrogens is 386 g/mol. The van der Waals surface area contributed by atoms with Gasteiger partial charge in [0.1, 0.15) is 12.4 Å². The predicted octanol–water partition coefficient (Wildman–Crippen LogP) is 3.63. The Labute approximate surface area is 175 Å². The van der Waals surface area contributed by atoms with E-state index in [1.54, 1.807) is 48.5 Å². The lowest BCUT2D eigenvalue weighted by atomic mass is 10.1. The van der Waals surface area contributed by atoms with Gasteiger partial charge in [-0.05, 0) is 63.1 Å². The smallest absolute Gasteiger partial charge is 0.338 e. The average Bonchev–Trinajstić information content (AvgIpc) is 3.26. The van der Waals surface area contributed by atoms with E-state index in [4.69, 9.17) is 14.2 Å². The molecule has 1 aliphatic heterocycles. The third-order valence-corrected chi connectivity index (χ3v) is 4.77. The molecule has 30 heavy (non-hydrogen) atoms. The number of para-hydroxylation sites is 1. The van der Waals surface area contributed by atoms with E-state index in [0.29, 0.717) is 29.2 Å². The number of nitrogens with one attached hydrogen (secondary N) is 1. The van der Waals surface area contributed by atoms with Gasteiger partial charge >= 0.3 is 5.97 Å². The Balaban J connectivity index is 1.53. The summed E-state index contributed by atoms with van der Waals surface area (Å²) in [7, 11) is 0. The zero-order valence-corrected chi connectivity index (χ0v) is 17.1. The molecule has 0 unspecified atom stereocenters. The first kappa shape index (κ1) is 21.5. The van der Waals surface area contributed by atoms with Crippen molar-refractivity contribution < 1.29 is 28.6 Å². The first-order valence-electron chi connectivity index (χ1n) is 9.90. The molecular formula is C23H25NO6. The Morgan fingerprint density at radius 1 is 1.13 bits per heavy atom. The molecule has 1 fully saturated rings. The van der Waals surface area contributed by atoms with Crippen LogP contribution in [0.1, 0.15) is 47.4 Å². The second-order valence-corrected chi connectivity index (χ2v) is 7.11. The van der Waals surface area contributed by atoms with Crippen LogP contribution in [0.15, 0.2) is 48.5 Å². The molecule has 2 aromatic carbocycles. The highest BCUT2D eigenvalue weighted by Gasteiger charge is 2.21. The summed E-state index contributed by atoms with van der Waals surface area (Å²) in [6.45, 7) is 4.14. The van der Waals surface area contributed by atoms with Crippen LogP contribution < -0.4 is 10.1 Å². The number of hydrogen-bond donors (Lipinski definition) is 1. The van der Waals surface area contributed by atoms with Crippen molar-refractivity contribution in [2.45, 2.75) is 38.9 Å². The third kappa shape index (κ3) is 5.67. The molecule has 3 rings (SSSR count). The SMILES string of the molecule is CC(=O)c1ccccc1NC(=O)[C@@H](C)OC(=O)c1ccc(OC[C@H]2CCCO2)cc1. The Hall–Kier alpha value is -3.19. The molecule has 0 saturated carbocycles. The number of anilines is 1. The second kappa shape index (κ2) is 10.0. The minimum absolute atomic E-state index is 0.113. The van der Waals surface area contributed by atoms with Crippen molar-refractivity contribution >= 4 is 23.3 Å². The van der Waals surface area contributed by atoms with E-state index in [1.807, 2.05) is 0 Å². The molecule has 7 nitrogen and oxygen atoms in total. The van der Waals surface area contributed by atoms with Crippen molar-refractivity contribution in [2.75, 3.05) is 18.5 Å². The summed E-state index contributed by atoms with van der Waals surface area (Å²) in [6, 6.07) is 13.2. The zero-order valence-electron chi connectivity index (χ0n) is 17.1. The minimum Gasteiger partial charge on any atom is -0.491 e. The van der Waals surface area contributed by atoms with Crippen molar-refractivity contribution in [3.05, 3.63) is 59.7 Å². The zero-order chi connectivity index (χ0) is 21.5. The maximum absolute atomic E-state index is 12.4. The van der Waals surface area contributed by atoms with Crippen LogP contribution in [0.5, 0.6) is 5.75 Å². The van der Waals surface area contributed by atoms with Gasteiger partial charge in [0.05, 0.1) is 17.4 Å². The standard InChI is InChI=1S/C23H25NO6/c1-15(25)20-7-3-4-8-21(20)24-22(26)16(2)30-23(27)17-9-11-18(12-10-17)29-14-19-6-5-13-28-19/h3-4,7-12,16,19H,5-6,13-14H2,1-2H3,(H,24,26)/t16-,19-/m1/s1. The minimum atomic E-state index is -1.03. The second-order valence-electron chi connectivity index (χ2n) is 7.11. The summed E-state index contributed by atoms with van der Waals surface area (Å²) in [5, 5.41) is 2.63. The van der Waals surface area contributed by atoms with Crippen LogP contribution >= 0.6 is 0 Å². The van der Waals surface area contributed by atoms with Crippen LogP contribution in [0.4, 0.5) is 5.69 Å². The molecule has 7 heteroatoms. The maximum atomic E-state index is 12.4. The number of benzene rings is 2. The van der Waals surface area contributed by atoms with E-state index in [2.05, 4.69) is 5.32 Å². The van der Waals surface area contributed by atoms with E-state index < -0.39 is 18.0 Å². The lowest BCUT2D eigenvalue weighted by molar-refractivity contribution is -0.123. The van der Waals surface area contributed by atoms with Gasteiger partial charge in [-0.2, -0.15) is 0 Å². The van der Waals surface area contributed by atoms with Crippen LogP contribution in [0, 0.1) is 0 Å². The number of esters is 1. The predicted molar refractivity (Wildman–Crippen MR) is 111 cm³/mol. The van der Waals surface area contributed by atoms with Gasteiger partial charge in [0.2, 0.25) is 0 Å². The summed E-state index contributed by atoms with van der Waals surface area (Å²) in [5.41, 5.74) is 1.08. The molecule has 1 amide bonds. The van der Waals surface area contributed by atoms with Crippen LogP contribution in [0.2, 0.25) is 0 Å². The number of ether oxygens (including phenoxy) is 3. The number of rotatable bonds is 8. The van der Waals surface area contributed by atoms with Crippen molar-refractivity contribution in [3.63, 3.8) is 0 Å². The fourth-order valence-corrected chi connectivity index (χ4v) is 3.07. The monoisotopic (exact) mass is 411 g/mol. The fourth-order valence-electron chi connectivity index (χ4n) is 3.07. The van der Waals surface area contributed by atoms with E-state index >= 15 is 0 Å². The van der Waals surface area contributed by atoms with Gasteiger partial charge in [0, 0.05) is 12.2 Å². The van der Waals surface area contributed by atoms with Crippen molar-refractivity contribution in [1.82, 2.24) is 0 Å². The molecule has 0 aromatic heterocycles. The van der Waals surface area contributed by atoms with Gasteiger partial charge in [0.15, 0.2) is 11.9 Å².